The van der Waals surface area contributed by atoms with Crippen LogP contribution in [0.3, 0.4) is 0 Å². The molecule has 6 rings (SSSR count). The summed E-state index contributed by atoms with van der Waals surface area (Å²) in [6.07, 6.45) is 0.126. The van der Waals surface area contributed by atoms with Crippen molar-refractivity contribution in [3.05, 3.63) is 143 Å². The van der Waals surface area contributed by atoms with Crippen molar-refractivity contribution in [1.29, 1.82) is 0 Å². The van der Waals surface area contributed by atoms with E-state index in [0.29, 0.717) is 32.9 Å². The molecule has 1 aromatic heterocycles. The van der Waals surface area contributed by atoms with Crippen LogP contribution in [0.2, 0.25) is 10.0 Å². The van der Waals surface area contributed by atoms with Crippen LogP contribution in [-0.2, 0) is 0 Å². The summed E-state index contributed by atoms with van der Waals surface area (Å²) < 4.78 is 0.821. The summed E-state index contributed by atoms with van der Waals surface area (Å²) in [6.45, 7) is 0. The van der Waals surface area contributed by atoms with Crippen molar-refractivity contribution in [3.8, 4) is 11.1 Å². The Morgan fingerprint density at radius 1 is 0.976 bits per heavy atom. The summed E-state index contributed by atoms with van der Waals surface area (Å²) in [4.78, 5) is 41.7. The zero-order valence-corrected chi connectivity index (χ0v) is 24.7. The topological polar surface area (TPSA) is 109 Å². The molecule has 2 heterocycles. The quantitative estimate of drug-likeness (QED) is 0.151. The number of aromatic nitrogens is 1. The van der Waals surface area contributed by atoms with Gasteiger partial charge in [0.1, 0.15) is 0 Å². The molecular formula is C31H19BrCl2N4O4. The number of pyridine rings is 1. The van der Waals surface area contributed by atoms with Gasteiger partial charge in [-0.1, -0.05) is 81.6 Å². The van der Waals surface area contributed by atoms with Crippen LogP contribution in [0.15, 0.2) is 105 Å². The van der Waals surface area contributed by atoms with Gasteiger partial charge < -0.3 is 4.98 Å². The van der Waals surface area contributed by atoms with Crippen LogP contribution in [-0.4, -0.2) is 26.5 Å². The van der Waals surface area contributed by atoms with Gasteiger partial charge in [0.25, 0.3) is 17.2 Å². The van der Waals surface area contributed by atoms with E-state index in [9.17, 15) is 19.7 Å². The molecule has 0 spiro atoms. The van der Waals surface area contributed by atoms with E-state index in [1.165, 1.54) is 29.3 Å². The number of amides is 1. The van der Waals surface area contributed by atoms with E-state index in [0.717, 1.165) is 15.4 Å². The van der Waals surface area contributed by atoms with Gasteiger partial charge in [-0.15, -0.1) is 0 Å². The minimum atomic E-state index is -0.750. The van der Waals surface area contributed by atoms with E-state index in [4.69, 9.17) is 28.3 Å². The maximum absolute atomic E-state index is 13.9. The van der Waals surface area contributed by atoms with Gasteiger partial charge in [0, 0.05) is 44.5 Å². The van der Waals surface area contributed by atoms with E-state index in [1.54, 1.807) is 18.2 Å². The molecule has 5 aromatic rings. The Labute approximate surface area is 257 Å². The first-order valence-corrected chi connectivity index (χ1v) is 14.3. The lowest BCUT2D eigenvalue weighted by atomic mass is 9.91. The number of nitrogens with one attached hydrogen (secondary N) is 1. The number of benzene rings is 4. The van der Waals surface area contributed by atoms with Crippen molar-refractivity contribution in [1.82, 2.24) is 9.99 Å². The smallest absolute Gasteiger partial charge is 0.276 e. The number of rotatable bonds is 5. The molecule has 8 nitrogen and oxygen atoms in total. The van der Waals surface area contributed by atoms with Gasteiger partial charge in [0.05, 0.1) is 32.8 Å². The first-order chi connectivity index (χ1) is 20.2. The molecule has 208 valence electrons. The van der Waals surface area contributed by atoms with Crippen molar-refractivity contribution in [3.63, 3.8) is 0 Å². The van der Waals surface area contributed by atoms with Gasteiger partial charge in [0.2, 0.25) is 0 Å². The van der Waals surface area contributed by atoms with E-state index in [2.05, 4.69) is 20.9 Å². The number of carbonyl (C=O) groups excluding carboxylic acids is 1. The van der Waals surface area contributed by atoms with Crippen LogP contribution in [0.1, 0.15) is 33.9 Å². The molecule has 1 atom stereocenters. The first-order valence-electron chi connectivity index (χ1n) is 12.7. The number of hydrogen-bond acceptors (Lipinski definition) is 5. The Morgan fingerprint density at radius 2 is 1.76 bits per heavy atom. The molecule has 0 aliphatic carbocycles. The van der Waals surface area contributed by atoms with E-state index < -0.39 is 16.9 Å². The highest BCUT2D eigenvalue weighted by Gasteiger charge is 2.37. The fourth-order valence-corrected chi connectivity index (χ4v) is 6.04. The fourth-order valence-electron chi connectivity index (χ4n) is 5.19. The van der Waals surface area contributed by atoms with Crippen LogP contribution < -0.4 is 5.56 Å². The molecular weight excluding hydrogens is 643 g/mol. The normalized spacial score (nSPS) is 14.7. The largest absolute Gasteiger partial charge is 0.321 e. The van der Waals surface area contributed by atoms with Crippen molar-refractivity contribution < 1.29 is 9.72 Å². The maximum atomic E-state index is 13.9. The molecule has 11 heteroatoms. The number of nitro benzene ring substituents is 1. The van der Waals surface area contributed by atoms with Crippen LogP contribution >= 0.6 is 39.1 Å². The minimum absolute atomic E-state index is 0.126. The lowest BCUT2D eigenvalue weighted by Crippen LogP contribution is -2.27. The number of halogens is 3. The van der Waals surface area contributed by atoms with Crippen molar-refractivity contribution in [2.45, 2.75) is 12.5 Å². The number of nitrogens with zero attached hydrogens (tertiary/aromatic N) is 3. The lowest BCUT2D eigenvalue weighted by Gasteiger charge is -2.22. The van der Waals surface area contributed by atoms with Crippen molar-refractivity contribution in [2.24, 2.45) is 5.10 Å². The van der Waals surface area contributed by atoms with E-state index in [1.807, 2.05) is 48.5 Å². The monoisotopic (exact) mass is 660 g/mol. The van der Waals surface area contributed by atoms with Crippen molar-refractivity contribution in [2.75, 3.05) is 0 Å². The summed E-state index contributed by atoms with van der Waals surface area (Å²) in [7, 11) is 0. The Kier molecular flexibility index (Phi) is 7.40. The number of carbonyl (C=O) groups is 1. The van der Waals surface area contributed by atoms with Crippen LogP contribution in [0, 0.1) is 10.1 Å². The van der Waals surface area contributed by atoms with Gasteiger partial charge in [-0.25, -0.2) is 5.01 Å². The highest BCUT2D eigenvalue weighted by Crippen LogP contribution is 2.39. The Hall–Kier alpha value is -4.31. The van der Waals surface area contributed by atoms with Crippen LogP contribution in [0.25, 0.3) is 22.0 Å². The Bertz CT molecular complexity index is 2000. The molecule has 0 saturated heterocycles. The molecule has 1 aliphatic heterocycles. The lowest BCUT2D eigenvalue weighted by molar-refractivity contribution is -0.384. The van der Waals surface area contributed by atoms with Crippen LogP contribution in [0.4, 0.5) is 5.69 Å². The standard InChI is InChI=1S/C31H19BrCl2N4O4/c32-19-9-12-25-23(14-19)28(17-5-2-1-3-6-17)29(30(39)35-25)26-16-27(18-7-4-8-21(13-18)38(41)42)37(36-26)31(40)22-11-10-20(33)15-24(22)34/h1-15,27H,16H2,(H,35,39)/t27-/m1/s1. The predicted octanol–water partition coefficient (Wildman–Crippen LogP) is 8.16. The van der Waals surface area contributed by atoms with Gasteiger partial charge >= 0.3 is 0 Å². The summed E-state index contributed by atoms with van der Waals surface area (Å²) >= 11 is 16.0. The molecule has 1 aliphatic rings. The second-order valence-corrected chi connectivity index (χ2v) is 11.4. The van der Waals surface area contributed by atoms with Gasteiger partial charge in [0.15, 0.2) is 0 Å². The Morgan fingerprint density at radius 3 is 2.50 bits per heavy atom. The molecule has 0 bridgehead atoms. The van der Waals surface area contributed by atoms with Gasteiger partial charge in [-0.05, 0) is 47.5 Å². The second-order valence-electron chi connectivity index (χ2n) is 9.65. The zero-order valence-electron chi connectivity index (χ0n) is 21.6. The number of hydrogen-bond donors (Lipinski definition) is 1. The average molecular weight is 662 g/mol. The zero-order chi connectivity index (χ0) is 29.5. The molecule has 0 fully saturated rings. The molecule has 0 radical (unpaired) electrons. The number of non-ortho nitro benzene ring substituents is 1. The number of fused-ring (bicyclic) bond motifs is 1. The molecule has 42 heavy (non-hydrogen) atoms. The molecule has 0 unspecified atom stereocenters. The summed E-state index contributed by atoms with van der Waals surface area (Å²) in [5, 5.41) is 18.8. The second kappa shape index (κ2) is 11.2. The number of aromatic amines is 1. The SMILES string of the molecule is O=C(c1ccc(Cl)cc1Cl)N1N=C(c2c(-c3ccccc3)c3cc(Br)ccc3[nH]c2=O)C[C@@H]1c1cccc([N+](=O)[O-])c1. The maximum Gasteiger partial charge on any atom is 0.276 e. The summed E-state index contributed by atoms with van der Waals surface area (Å²) in [5.41, 5.74) is 2.89. The third-order valence-corrected chi connectivity index (χ3v) is 8.11. The summed E-state index contributed by atoms with van der Waals surface area (Å²) in [5.74, 6) is -0.538. The molecule has 1 N–H and O–H groups in total. The fraction of sp³-hybridized carbons (Fsp3) is 0.0645. The highest BCUT2D eigenvalue weighted by molar-refractivity contribution is 9.10. The van der Waals surface area contributed by atoms with Gasteiger partial charge in [-0.3, -0.25) is 19.7 Å². The average Bonchev–Trinajstić information content (AvgIpc) is 3.42. The predicted molar refractivity (Wildman–Crippen MR) is 167 cm³/mol. The van der Waals surface area contributed by atoms with Gasteiger partial charge in [-0.2, -0.15) is 5.10 Å². The summed E-state index contributed by atoms with van der Waals surface area (Å²) in [6, 6.07) is 24.8. The number of H-pyrrole nitrogens is 1. The first kappa shape index (κ1) is 27.8. The molecule has 1 amide bonds. The molecule has 0 saturated carbocycles. The highest BCUT2D eigenvalue weighted by atomic mass is 79.9. The third kappa shape index (κ3) is 5.11. The Balaban J connectivity index is 1.58. The van der Waals surface area contributed by atoms with E-state index in [-0.39, 0.29) is 28.3 Å². The third-order valence-electron chi connectivity index (χ3n) is 7.07. The molecule has 4 aromatic carbocycles. The minimum Gasteiger partial charge on any atom is -0.321 e. The number of hydrazone groups is 1. The van der Waals surface area contributed by atoms with E-state index >= 15 is 0 Å². The van der Waals surface area contributed by atoms with Crippen molar-refractivity contribution >= 4 is 67.3 Å². The van der Waals surface area contributed by atoms with Crippen LogP contribution in [0.5, 0.6) is 0 Å². The number of nitro groups is 1.